The van der Waals surface area contributed by atoms with Crippen molar-refractivity contribution < 1.29 is 14.6 Å². The first-order chi connectivity index (χ1) is 9.96. The van der Waals surface area contributed by atoms with Gasteiger partial charge in [-0.05, 0) is 19.7 Å². The van der Waals surface area contributed by atoms with Crippen molar-refractivity contribution in [1.82, 2.24) is 4.90 Å². The van der Waals surface area contributed by atoms with Gasteiger partial charge in [-0.25, -0.2) is 4.79 Å². The van der Waals surface area contributed by atoms with Gasteiger partial charge in [0.15, 0.2) is 0 Å². The lowest BCUT2D eigenvalue weighted by molar-refractivity contribution is -0.141. The number of hydrogen-bond donors (Lipinski definition) is 1. The number of carbonyl (C=O) groups excluding carboxylic acids is 1. The second kappa shape index (κ2) is 7.76. The van der Waals surface area contributed by atoms with Gasteiger partial charge in [-0.3, -0.25) is 4.90 Å². The van der Waals surface area contributed by atoms with Crippen LogP contribution in [0.2, 0.25) is 0 Å². The van der Waals surface area contributed by atoms with Crippen LogP contribution in [0.5, 0.6) is 0 Å². The summed E-state index contributed by atoms with van der Waals surface area (Å²) in [5, 5.41) is 10.2. The summed E-state index contributed by atoms with van der Waals surface area (Å²) < 4.78 is 4.90. The van der Waals surface area contributed by atoms with Gasteiger partial charge in [-0.15, -0.1) is 6.58 Å². The third-order valence-electron chi connectivity index (χ3n) is 3.54. The van der Waals surface area contributed by atoms with Crippen molar-refractivity contribution in [2.24, 2.45) is 0 Å². The number of esters is 1. The Morgan fingerprint density at radius 1 is 1.38 bits per heavy atom. The first-order valence-electron chi connectivity index (χ1n) is 6.80. The molecule has 21 heavy (non-hydrogen) atoms. The molecule has 2 atom stereocenters. The Morgan fingerprint density at radius 3 is 2.48 bits per heavy atom. The molecule has 0 saturated carbocycles. The second-order valence-electron chi connectivity index (χ2n) is 5.08. The van der Waals surface area contributed by atoms with Gasteiger partial charge in [0.2, 0.25) is 0 Å². The molecule has 1 aromatic carbocycles. The minimum Gasteiger partial charge on any atom is -0.460 e. The average molecular weight is 289 g/mol. The van der Waals surface area contributed by atoms with Crippen molar-refractivity contribution in [3.63, 3.8) is 0 Å². The summed E-state index contributed by atoms with van der Waals surface area (Å²) in [7, 11) is 3.86. The van der Waals surface area contributed by atoms with Crippen LogP contribution in [-0.2, 0) is 15.1 Å². The van der Waals surface area contributed by atoms with E-state index >= 15 is 0 Å². The zero-order valence-corrected chi connectivity index (χ0v) is 12.7. The maximum absolute atomic E-state index is 11.1. The Hall–Kier alpha value is -1.91. The minimum atomic E-state index is -0.797. The van der Waals surface area contributed by atoms with E-state index in [2.05, 4.69) is 13.2 Å². The number of likely N-dealkylation sites (N-methyl/N-ethyl adjacent to an activating group) is 1. The highest BCUT2D eigenvalue weighted by atomic mass is 16.5. The van der Waals surface area contributed by atoms with Crippen LogP contribution in [0.25, 0.3) is 0 Å². The molecular weight excluding hydrogens is 266 g/mol. The minimum absolute atomic E-state index is 0.0683. The molecule has 0 aliphatic heterocycles. The van der Waals surface area contributed by atoms with Crippen molar-refractivity contribution in [2.45, 2.75) is 18.1 Å². The number of hydrogen-bond acceptors (Lipinski definition) is 4. The Bertz CT molecular complexity index is 484. The molecule has 1 N–H and O–H groups in total. The zero-order valence-electron chi connectivity index (χ0n) is 12.7. The number of carbonyl (C=O) groups is 1. The van der Waals surface area contributed by atoms with Crippen LogP contribution in [-0.4, -0.2) is 42.8 Å². The van der Waals surface area contributed by atoms with Crippen LogP contribution in [0.15, 0.2) is 55.6 Å². The number of aliphatic hydroxyl groups excluding tert-OH is 1. The first-order valence-corrected chi connectivity index (χ1v) is 6.80. The fourth-order valence-electron chi connectivity index (χ4n) is 2.32. The molecule has 1 rings (SSSR count). The Labute approximate surface area is 126 Å². The highest BCUT2D eigenvalue weighted by Gasteiger charge is 2.34. The molecule has 4 heteroatoms. The molecule has 2 unspecified atom stereocenters. The van der Waals surface area contributed by atoms with Gasteiger partial charge in [-0.1, -0.05) is 43.0 Å². The largest absolute Gasteiger partial charge is 0.460 e. The number of nitrogens with zero attached hydrogens (tertiary/aromatic N) is 1. The Kier molecular flexibility index (Phi) is 6.34. The Balaban J connectivity index is 2.91. The molecule has 0 amide bonds. The van der Waals surface area contributed by atoms with E-state index in [4.69, 9.17) is 4.74 Å². The highest BCUT2D eigenvalue weighted by Crippen LogP contribution is 2.32. The average Bonchev–Trinajstić information content (AvgIpc) is 2.50. The molecule has 0 heterocycles. The first kappa shape index (κ1) is 17.1. The Morgan fingerprint density at radius 2 is 2.00 bits per heavy atom. The van der Waals surface area contributed by atoms with E-state index in [0.29, 0.717) is 6.42 Å². The van der Waals surface area contributed by atoms with Crippen LogP contribution in [0.3, 0.4) is 0 Å². The molecule has 0 radical (unpaired) electrons. The lowest BCUT2D eigenvalue weighted by Gasteiger charge is -2.39. The third kappa shape index (κ3) is 4.28. The van der Waals surface area contributed by atoms with Crippen LogP contribution in [0.4, 0.5) is 0 Å². The maximum atomic E-state index is 11.1. The smallest absolute Gasteiger partial charge is 0.330 e. The summed E-state index contributed by atoms with van der Waals surface area (Å²) in [5.41, 5.74) is 0.500. The highest BCUT2D eigenvalue weighted by molar-refractivity contribution is 5.81. The predicted octanol–water partition coefficient (Wildman–Crippen LogP) is 2.11. The van der Waals surface area contributed by atoms with E-state index in [0.717, 1.165) is 11.6 Å². The quantitative estimate of drug-likeness (QED) is 0.452. The van der Waals surface area contributed by atoms with Crippen LogP contribution < -0.4 is 0 Å². The van der Waals surface area contributed by atoms with Crippen LogP contribution >= 0.6 is 0 Å². The van der Waals surface area contributed by atoms with Gasteiger partial charge >= 0.3 is 5.97 Å². The van der Waals surface area contributed by atoms with Crippen molar-refractivity contribution in [1.29, 1.82) is 0 Å². The number of aliphatic hydroxyl groups is 1. The van der Waals surface area contributed by atoms with Gasteiger partial charge in [0.25, 0.3) is 0 Å². The van der Waals surface area contributed by atoms with Gasteiger partial charge in [0, 0.05) is 12.5 Å². The van der Waals surface area contributed by atoms with Crippen LogP contribution in [0, 0.1) is 0 Å². The van der Waals surface area contributed by atoms with Gasteiger partial charge < -0.3 is 9.84 Å². The molecule has 0 aromatic heterocycles. The number of ether oxygens (including phenoxy) is 1. The van der Waals surface area contributed by atoms with Crippen LogP contribution in [0.1, 0.15) is 12.0 Å². The third-order valence-corrected chi connectivity index (χ3v) is 3.54. The second-order valence-corrected chi connectivity index (χ2v) is 5.08. The molecular formula is C17H23NO3. The van der Waals surface area contributed by atoms with E-state index < -0.39 is 17.6 Å². The molecule has 4 nitrogen and oxygen atoms in total. The summed E-state index contributed by atoms with van der Waals surface area (Å²) in [6.07, 6.45) is 2.46. The van der Waals surface area contributed by atoms with E-state index in [-0.39, 0.29) is 6.61 Å². The molecule has 0 saturated heterocycles. The summed E-state index contributed by atoms with van der Waals surface area (Å²) in [6.45, 7) is 7.17. The molecule has 1 aromatic rings. The standard InChI is InChI=1S/C17H23NO3/c1-5-16(20)21-13-15(19)12-17(6-2,18(3)4)14-10-8-7-9-11-14/h5-11,15,19H,1-2,12-13H2,3-4H3. The summed E-state index contributed by atoms with van der Waals surface area (Å²) in [6, 6.07) is 9.81. The molecule has 0 bridgehead atoms. The fraction of sp³-hybridized carbons (Fsp3) is 0.353. The van der Waals surface area contributed by atoms with E-state index in [9.17, 15) is 9.90 Å². The van der Waals surface area contributed by atoms with Crippen molar-refractivity contribution in [3.05, 3.63) is 61.2 Å². The van der Waals surface area contributed by atoms with E-state index in [1.165, 1.54) is 0 Å². The molecule has 0 aliphatic carbocycles. The summed E-state index contributed by atoms with van der Waals surface area (Å²) in [5.74, 6) is -0.539. The SMILES string of the molecule is C=CC(=O)OCC(O)CC(C=C)(c1ccccc1)N(C)C. The molecule has 0 fully saturated rings. The predicted molar refractivity (Wildman–Crippen MR) is 83.8 cm³/mol. The van der Waals surface area contributed by atoms with Crippen molar-refractivity contribution >= 4 is 5.97 Å². The normalized spacial score (nSPS) is 15.0. The van der Waals surface area contributed by atoms with E-state index in [1.54, 1.807) is 6.08 Å². The van der Waals surface area contributed by atoms with Crippen molar-refractivity contribution in [2.75, 3.05) is 20.7 Å². The topological polar surface area (TPSA) is 49.8 Å². The summed E-state index contributed by atoms with van der Waals surface area (Å²) in [4.78, 5) is 13.1. The van der Waals surface area contributed by atoms with Gasteiger partial charge in [-0.2, -0.15) is 0 Å². The lowest BCUT2D eigenvalue weighted by Crippen LogP contribution is -2.43. The number of benzene rings is 1. The summed E-state index contributed by atoms with van der Waals surface area (Å²) >= 11 is 0. The van der Waals surface area contributed by atoms with Gasteiger partial charge in [0.05, 0.1) is 11.6 Å². The monoisotopic (exact) mass is 289 g/mol. The van der Waals surface area contributed by atoms with E-state index in [1.807, 2.05) is 49.3 Å². The maximum Gasteiger partial charge on any atom is 0.330 e. The lowest BCUT2D eigenvalue weighted by atomic mass is 9.83. The molecule has 114 valence electrons. The molecule has 0 aliphatic rings. The molecule has 0 spiro atoms. The van der Waals surface area contributed by atoms with Gasteiger partial charge in [0.1, 0.15) is 6.61 Å². The van der Waals surface area contributed by atoms with Crippen molar-refractivity contribution in [3.8, 4) is 0 Å². The zero-order chi connectivity index (χ0) is 15.9. The fourth-order valence-corrected chi connectivity index (χ4v) is 2.32. The number of rotatable bonds is 8.